The maximum Gasteiger partial charge on any atom is 0.479 e. The van der Waals surface area contributed by atoms with Crippen molar-refractivity contribution < 1.29 is 32.4 Å². The number of aryl methyl sites for hydroxylation is 1. The number of carboxylic acid groups (broad SMARTS) is 1. The second-order valence-electron chi connectivity index (χ2n) is 3.57. The number of carbonyl (C=O) groups is 1. The number of allylic oxidation sites excluding steroid dienone is 2. The normalized spacial score (nSPS) is 9.00. The molecule has 4 nitrogen and oxygen atoms in total. The van der Waals surface area contributed by atoms with Crippen LogP contribution in [0.25, 0.3) is 0 Å². The molecule has 0 fully saturated rings. The van der Waals surface area contributed by atoms with Crippen LogP contribution in [0, 0.1) is 0 Å². The van der Waals surface area contributed by atoms with Crippen molar-refractivity contribution in [3.05, 3.63) is 35.9 Å². The molecule has 1 aromatic rings. The van der Waals surface area contributed by atoms with Gasteiger partial charge in [-0.25, -0.2) is 0 Å². The van der Waals surface area contributed by atoms with Gasteiger partial charge in [-0.15, -0.1) is 0 Å². The average Bonchev–Trinajstić information content (AvgIpc) is 2.63. The van der Waals surface area contributed by atoms with Crippen LogP contribution < -0.4 is 4.18 Å². The number of aromatic hydroxyl groups is 1. The Morgan fingerprint density at radius 1 is 1.08 bits per heavy atom. The van der Waals surface area contributed by atoms with E-state index in [1.807, 2.05) is 60.6 Å². The van der Waals surface area contributed by atoms with Crippen LogP contribution in [0.5, 0.6) is 11.5 Å². The van der Waals surface area contributed by atoms with Crippen molar-refractivity contribution in [2.45, 2.75) is 60.4 Å². The van der Waals surface area contributed by atoms with Gasteiger partial charge < -0.3 is 14.4 Å². The van der Waals surface area contributed by atoms with Gasteiger partial charge in [0.15, 0.2) is 12.0 Å². The van der Waals surface area contributed by atoms with Crippen molar-refractivity contribution in [3.63, 3.8) is 0 Å². The molecule has 0 unspecified atom stereocenters. The van der Waals surface area contributed by atoms with Crippen molar-refractivity contribution >= 4 is 18.5 Å². The van der Waals surface area contributed by atoms with Crippen LogP contribution >= 0.6 is 12.0 Å². The molecule has 0 amide bonds. The molecule has 0 bridgehead atoms. The van der Waals surface area contributed by atoms with Gasteiger partial charge in [-0.3, -0.25) is 4.79 Å². The molecule has 2 N–H and O–H groups in total. The number of rotatable bonds is 3. The van der Waals surface area contributed by atoms with Gasteiger partial charge >= 0.3 is 5.51 Å². The van der Waals surface area contributed by atoms with Crippen molar-refractivity contribution in [1.29, 1.82) is 0 Å². The van der Waals surface area contributed by atoms with E-state index in [1.165, 1.54) is 12.1 Å². The van der Waals surface area contributed by atoms with Gasteiger partial charge in [0.2, 0.25) is 0 Å². The lowest BCUT2D eigenvalue weighted by Gasteiger charge is -2.08. The molecule has 0 aliphatic rings. The fourth-order valence-electron chi connectivity index (χ4n) is 0.991. The third kappa shape index (κ3) is 27.0. The van der Waals surface area contributed by atoms with Gasteiger partial charge in [-0.1, -0.05) is 46.8 Å². The molecule has 0 atom stereocenters. The summed E-state index contributed by atoms with van der Waals surface area (Å²) >= 11 is -0.597. The number of hydrogen-bond acceptors (Lipinski definition) is 4. The standard InChI is InChI=1S/C9H9F3O2S.C4H8.2C2H6.CH2O2/c1-2-6-3-7(13)5-8(4-6)14-15-9(10,11)12;1-3-4-2;2*1-2;2-1-3/h3-5,13H,2H2,1H3;3-4H,1-2H3;2*1-2H3;1H,(H,2,3)/b;4-3-;;;. The lowest BCUT2D eigenvalue weighted by Crippen LogP contribution is -2.02. The monoisotopic (exact) mass is 400 g/mol. The van der Waals surface area contributed by atoms with E-state index in [9.17, 15) is 18.3 Å². The van der Waals surface area contributed by atoms with Crippen LogP contribution in [0.3, 0.4) is 0 Å². The van der Waals surface area contributed by atoms with Crippen LogP contribution in [0.15, 0.2) is 30.4 Å². The first-order chi connectivity index (χ1) is 12.2. The highest BCUT2D eigenvalue weighted by Crippen LogP contribution is 2.34. The summed E-state index contributed by atoms with van der Waals surface area (Å²) < 4.78 is 39.8. The van der Waals surface area contributed by atoms with Crippen molar-refractivity contribution in [2.24, 2.45) is 0 Å². The Balaban J connectivity index is -0.000000184. The van der Waals surface area contributed by atoms with Crippen LogP contribution in [0.4, 0.5) is 13.2 Å². The summed E-state index contributed by atoms with van der Waals surface area (Å²) in [5.74, 6) is -0.110. The second kappa shape index (κ2) is 23.2. The molecule has 0 spiro atoms. The molecule has 0 aromatic heterocycles. The molecule has 0 saturated heterocycles. The minimum absolute atomic E-state index is 0.00539. The highest BCUT2D eigenvalue weighted by Gasteiger charge is 2.31. The third-order valence-corrected chi connectivity index (χ3v) is 2.39. The molecule has 1 aromatic carbocycles. The number of phenolic OH excluding ortho intramolecular Hbond substituents is 1. The molecule has 0 heterocycles. The summed E-state index contributed by atoms with van der Waals surface area (Å²) in [6.07, 6.45) is 4.61. The summed E-state index contributed by atoms with van der Waals surface area (Å²) in [5.41, 5.74) is -3.73. The van der Waals surface area contributed by atoms with Crippen LogP contribution in [0.1, 0.15) is 54.0 Å². The lowest BCUT2D eigenvalue weighted by atomic mass is 10.1. The predicted octanol–water partition coefficient (Wildman–Crippen LogP) is 6.84. The molecule has 26 heavy (non-hydrogen) atoms. The van der Waals surface area contributed by atoms with Gasteiger partial charge in [-0.05, 0) is 38.0 Å². The molecule has 0 saturated carbocycles. The minimum Gasteiger partial charge on any atom is -0.508 e. The quantitative estimate of drug-likeness (QED) is 0.330. The Bertz CT molecular complexity index is 447. The second-order valence-corrected chi connectivity index (χ2v) is 4.37. The maximum absolute atomic E-state index is 11.8. The number of phenols is 1. The van der Waals surface area contributed by atoms with E-state index in [1.54, 1.807) is 0 Å². The van der Waals surface area contributed by atoms with Crippen molar-refractivity contribution in [1.82, 2.24) is 0 Å². The van der Waals surface area contributed by atoms with Gasteiger partial charge in [0, 0.05) is 6.07 Å². The number of hydrogen-bond donors (Lipinski definition) is 2. The minimum atomic E-state index is -4.45. The molecule has 0 aliphatic carbocycles. The fraction of sp³-hybridized carbons (Fsp3) is 0.500. The summed E-state index contributed by atoms with van der Waals surface area (Å²) in [6, 6.07) is 4.07. The Kier molecular flexibility index (Phi) is 28.4. The Labute approximate surface area is 159 Å². The SMILES string of the molecule is C/C=C\C.CC.CC.CCc1cc(O)cc(OSC(F)(F)F)c1.O=CO. The van der Waals surface area contributed by atoms with E-state index < -0.39 is 17.6 Å². The van der Waals surface area contributed by atoms with Gasteiger partial charge in [0.05, 0.1) is 0 Å². The summed E-state index contributed by atoms with van der Waals surface area (Å²) in [7, 11) is 0. The van der Waals surface area contributed by atoms with E-state index in [0.29, 0.717) is 12.0 Å². The largest absolute Gasteiger partial charge is 0.508 e. The number of benzene rings is 1. The summed E-state index contributed by atoms with van der Waals surface area (Å²) in [4.78, 5) is 8.36. The Morgan fingerprint density at radius 3 is 1.81 bits per heavy atom. The van der Waals surface area contributed by atoms with Crippen LogP contribution in [0.2, 0.25) is 0 Å². The third-order valence-electron chi connectivity index (χ3n) is 1.93. The van der Waals surface area contributed by atoms with Gasteiger partial charge in [0.1, 0.15) is 11.5 Å². The van der Waals surface area contributed by atoms with E-state index in [-0.39, 0.29) is 18.0 Å². The number of halogens is 3. The fourth-order valence-corrected chi connectivity index (χ4v) is 1.28. The van der Waals surface area contributed by atoms with Gasteiger partial charge in [-0.2, -0.15) is 13.2 Å². The first-order valence-electron chi connectivity index (χ1n) is 8.14. The average molecular weight is 401 g/mol. The molecule has 0 radical (unpaired) electrons. The van der Waals surface area contributed by atoms with E-state index >= 15 is 0 Å². The highest BCUT2D eigenvalue weighted by atomic mass is 32.2. The van der Waals surface area contributed by atoms with E-state index in [0.717, 1.165) is 6.07 Å². The van der Waals surface area contributed by atoms with Crippen molar-refractivity contribution in [3.8, 4) is 11.5 Å². The zero-order valence-corrected chi connectivity index (χ0v) is 17.2. The topological polar surface area (TPSA) is 66.8 Å². The zero-order valence-electron chi connectivity index (χ0n) is 16.4. The van der Waals surface area contributed by atoms with Crippen LogP contribution in [-0.2, 0) is 11.2 Å². The van der Waals surface area contributed by atoms with Gasteiger partial charge in [0.25, 0.3) is 6.47 Å². The smallest absolute Gasteiger partial charge is 0.479 e. The molecular weight excluding hydrogens is 369 g/mol. The maximum atomic E-state index is 11.8. The molecule has 0 aliphatic heterocycles. The summed E-state index contributed by atoms with van der Waals surface area (Å²) in [6.45, 7) is 13.6. The molecule has 1 rings (SSSR count). The predicted molar refractivity (Wildman–Crippen MR) is 104 cm³/mol. The summed E-state index contributed by atoms with van der Waals surface area (Å²) in [5, 5.41) is 16.1. The lowest BCUT2D eigenvalue weighted by molar-refractivity contribution is -0.122. The van der Waals surface area contributed by atoms with Crippen LogP contribution in [-0.4, -0.2) is 22.2 Å². The molecular formula is C18H31F3O4S. The van der Waals surface area contributed by atoms with E-state index in [2.05, 4.69) is 4.18 Å². The molecule has 154 valence electrons. The molecule has 8 heteroatoms. The van der Waals surface area contributed by atoms with E-state index in [4.69, 9.17) is 9.90 Å². The number of alkyl halides is 3. The first kappa shape index (κ1) is 31.9. The Morgan fingerprint density at radius 2 is 1.50 bits per heavy atom. The highest BCUT2D eigenvalue weighted by molar-refractivity contribution is 7.95. The first-order valence-corrected chi connectivity index (χ1v) is 8.88. The van der Waals surface area contributed by atoms with Crippen molar-refractivity contribution in [2.75, 3.05) is 0 Å². The Hall–Kier alpha value is -1.83. The zero-order chi connectivity index (χ0) is 21.6.